The number of benzene rings is 3. The van der Waals surface area contributed by atoms with Crippen LogP contribution in [0.15, 0.2) is 60.3 Å². The van der Waals surface area contributed by atoms with Gasteiger partial charge in [0.1, 0.15) is 10.8 Å². The highest BCUT2D eigenvalue weighted by atomic mass is 35.5. The molecule has 1 unspecified atom stereocenters. The Hall–Kier alpha value is -3.94. The lowest BCUT2D eigenvalue weighted by molar-refractivity contribution is -0.132. The third kappa shape index (κ3) is 4.13. The first-order valence-corrected chi connectivity index (χ1v) is 12.9. The van der Waals surface area contributed by atoms with Crippen LogP contribution in [0.1, 0.15) is 28.3 Å². The Bertz CT molecular complexity index is 1710. The van der Waals surface area contributed by atoms with Crippen LogP contribution in [0.3, 0.4) is 0 Å². The van der Waals surface area contributed by atoms with E-state index in [9.17, 15) is 14.7 Å². The van der Waals surface area contributed by atoms with Gasteiger partial charge in [-0.15, -0.1) is 0 Å². The van der Waals surface area contributed by atoms with E-state index in [0.29, 0.717) is 11.3 Å². The molecule has 200 valence electrons. The van der Waals surface area contributed by atoms with Gasteiger partial charge in [-0.2, -0.15) is 0 Å². The average molecular weight is 565 g/mol. The zero-order chi connectivity index (χ0) is 28.2. The van der Waals surface area contributed by atoms with Crippen molar-refractivity contribution in [2.24, 2.45) is 7.05 Å². The molecule has 0 bridgehead atoms. The summed E-state index contributed by atoms with van der Waals surface area (Å²) in [5.41, 5.74) is 4.09. The van der Waals surface area contributed by atoms with Gasteiger partial charge < -0.3 is 19.1 Å². The predicted molar refractivity (Wildman–Crippen MR) is 153 cm³/mol. The molecule has 0 spiro atoms. The Morgan fingerprint density at radius 2 is 1.64 bits per heavy atom. The summed E-state index contributed by atoms with van der Waals surface area (Å²) in [5.74, 6) is -1.84. The molecule has 4 aromatic rings. The van der Waals surface area contributed by atoms with Crippen molar-refractivity contribution < 1.29 is 24.2 Å². The largest absolute Gasteiger partial charge is 0.507 e. The van der Waals surface area contributed by atoms with Gasteiger partial charge in [0.15, 0.2) is 11.5 Å². The van der Waals surface area contributed by atoms with E-state index >= 15 is 0 Å². The van der Waals surface area contributed by atoms with Gasteiger partial charge in [0.05, 0.1) is 36.4 Å². The number of aromatic nitrogens is 1. The standard InChI is InChI=1S/C30H26Cl2N2O5/c1-15-10-11-17(12-16(15)2)34-25(20-14-33(3)22-9-7-6-8-18(20)22)23(27(36)30(34)37)26(35)19-13-21(31)29(39-5)24(32)28(19)38-4/h6-14,25,35H,1-5H3/b26-23+. The molecule has 1 aromatic heterocycles. The maximum absolute atomic E-state index is 13.7. The molecular formula is C30H26Cl2N2O5. The van der Waals surface area contributed by atoms with Crippen LogP contribution in [0.2, 0.25) is 10.0 Å². The molecule has 9 heteroatoms. The summed E-state index contributed by atoms with van der Waals surface area (Å²) < 4.78 is 12.7. The smallest absolute Gasteiger partial charge is 0.300 e. The Kier molecular flexibility index (Phi) is 6.83. The summed E-state index contributed by atoms with van der Waals surface area (Å²) in [4.78, 5) is 28.8. The van der Waals surface area contributed by atoms with Gasteiger partial charge in [-0.05, 0) is 49.2 Å². The maximum atomic E-state index is 13.7. The number of hydrogen-bond donors (Lipinski definition) is 1. The minimum atomic E-state index is -0.942. The number of aliphatic hydroxyl groups excluding tert-OH is 1. The summed E-state index contributed by atoms with van der Waals surface area (Å²) in [7, 11) is 4.67. The number of methoxy groups -OCH3 is 2. The Morgan fingerprint density at radius 1 is 0.949 bits per heavy atom. The molecule has 1 fully saturated rings. The number of halogens is 2. The second-order valence-corrected chi connectivity index (χ2v) is 10.2. The van der Waals surface area contributed by atoms with Gasteiger partial charge in [-0.25, -0.2) is 0 Å². The fraction of sp³-hybridized carbons (Fsp3) is 0.200. The first kappa shape index (κ1) is 26.7. The number of Topliss-reactive ketones (excluding diaryl/α,β-unsaturated/α-hetero) is 1. The van der Waals surface area contributed by atoms with Gasteiger partial charge in [-0.3, -0.25) is 14.5 Å². The van der Waals surface area contributed by atoms with E-state index in [-0.39, 0.29) is 32.7 Å². The molecule has 0 saturated carbocycles. The van der Waals surface area contributed by atoms with Crippen LogP contribution in [0.4, 0.5) is 5.69 Å². The quantitative estimate of drug-likeness (QED) is 0.165. The van der Waals surface area contributed by atoms with Crippen molar-refractivity contribution >= 4 is 57.2 Å². The van der Waals surface area contributed by atoms with Crippen molar-refractivity contribution in [3.63, 3.8) is 0 Å². The molecule has 1 aliphatic rings. The number of nitrogens with zero attached hydrogens (tertiary/aromatic N) is 2. The maximum Gasteiger partial charge on any atom is 0.300 e. The third-order valence-electron chi connectivity index (χ3n) is 7.23. The first-order chi connectivity index (χ1) is 18.6. The van der Waals surface area contributed by atoms with E-state index in [0.717, 1.165) is 22.0 Å². The topological polar surface area (TPSA) is 81.0 Å². The number of anilines is 1. The van der Waals surface area contributed by atoms with Crippen molar-refractivity contribution in [1.82, 2.24) is 4.57 Å². The number of para-hydroxylation sites is 1. The van der Waals surface area contributed by atoms with Crippen LogP contribution in [0.5, 0.6) is 11.5 Å². The molecular weight excluding hydrogens is 539 g/mol. The van der Waals surface area contributed by atoms with Crippen molar-refractivity contribution in [3.8, 4) is 11.5 Å². The number of fused-ring (bicyclic) bond motifs is 1. The highest BCUT2D eigenvalue weighted by molar-refractivity contribution is 6.52. The molecule has 2 heterocycles. The van der Waals surface area contributed by atoms with E-state index < -0.39 is 23.5 Å². The van der Waals surface area contributed by atoms with Crippen LogP contribution in [-0.2, 0) is 16.6 Å². The van der Waals surface area contributed by atoms with Gasteiger partial charge in [0.2, 0.25) is 0 Å². The molecule has 5 rings (SSSR count). The fourth-order valence-electron chi connectivity index (χ4n) is 5.15. The molecule has 1 aliphatic heterocycles. The van der Waals surface area contributed by atoms with Crippen molar-refractivity contribution in [1.29, 1.82) is 0 Å². The Morgan fingerprint density at radius 3 is 2.31 bits per heavy atom. The van der Waals surface area contributed by atoms with Crippen molar-refractivity contribution in [3.05, 3.63) is 92.6 Å². The van der Waals surface area contributed by atoms with Crippen LogP contribution in [0.25, 0.3) is 16.7 Å². The van der Waals surface area contributed by atoms with E-state index in [2.05, 4.69) is 0 Å². The summed E-state index contributed by atoms with van der Waals surface area (Å²) in [5, 5.41) is 12.7. The monoisotopic (exact) mass is 564 g/mol. The summed E-state index contributed by atoms with van der Waals surface area (Å²) >= 11 is 12.9. The van der Waals surface area contributed by atoms with Crippen LogP contribution in [-0.4, -0.2) is 35.6 Å². The average Bonchev–Trinajstić information content (AvgIpc) is 3.38. The van der Waals surface area contributed by atoms with Crippen LogP contribution in [0, 0.1) is 13.8 Å². The number of aryl methyl sites for hydroxylation is 3. The fourth-order valence-corrected chi connectivity index (χ4v) is 5.84. The van der Waals surface area contributed by atoms with E-state index in [4.69, 9.17) is 32.7 Å². The molecule has 1 atom stereocenters. The van der Waals surface area contributed by atoms with Gasteiger partial charge in [-0.1, -0.05) is 47.5 Å². The number of ether oxygens (including phenoxy) is 2. The third-order valence-corrected chi connectivity index (χ3v) is 7.85. The molecule has 0 radical (unpaired) electrons. The second-order valence-electron chi connectivity index (χ2n) is 9.44. The number of carbonyl (C=O) groups is 2. The minimum Gasteiger partial charge on any atom is -0.507 e. The first-order valence-electron chi connectivity index (χ1n) is 12.1. The lowest BCUT2D eigenvalue weighted by Crippen LogP contribution is -2.29. The van der Waals surface area contributed by atoms with E-state index in [1.54, 1.807) is 6.07 Å². The van der Waals surface area contributed by atoms with Crippen LogP contribution < -0.4 is 14.4 Å². The number of carbonyl (C=O) groups excluding carboxylic acids is 2. The number of aliphatic hydroxyl groups is 1. The normalized spacial score (nSPS) is 16.8. The minimum absolute atomic E-state index is 0.0270. The number of ketones is 1. The predicted octanol–water partition coefficient (Wildman–Crippen LogP) is 6.75. The number of amides is 1. The van der Waals surface area contributed by atoms with Crippen molar-refractivity contribution in [2.45, 2.75) is 19.9 Å². The van der Waals surface area contributed by atoms with E-state index in [1.807, 2.05) is 68.1 Å². The molecule has 1 saturated heterocycles. The lowest BCUT2D eigenvalue weighted by atomic mass is 9.94. The molecule has 1 N–H and O–H groups in total. The zero-order valence-electron chi connectivity index (χ0n) is 22.0. The lowest BCUT2D eigenvalue weighted by Gasteiger charge is -2.26. The Balaban J connectivity index is 1.85. The molecule has 0 aliphatic carbocycles. The van der Waals surface area contributed by atoms with Gasteiger partial charge in [0.25, 0.3) is 11.7 Å². The SMILES string of the molecule is COc1c(Cl)cc(/C(O)=C2\C(=O)C(=O)N(c3ccc(C)c(C)c3)C2c2cn(C)c3ccccc23)c(OC)c1Cl. The summed E-state index contributed by atoms with van der Waals surface area (Å²) in [6.45, 7) is 3.91. The number of rotatable bonds is 5. The zero-order valence-corrected chi connectivity index (χ0v) is 23.5. The molecule has 1 amide bonds. The van der Waals surface area contributed by atoms with Crippen LogP contribution >= 0.6 is 23.2 Å². The van der Waals surface area contributed by atoms with E-state index in [1.165, 1.54) is 25.2 Å². The Labute approximate surface area is 235 Å². The molecule has 3 aromatic carbocycles. The molecule has 7 nitrogen and oxygen atoms in total. The molecule has 39 heavy (non-hydrogen) atoms. The summed E-state index contributed by atoms with van der Waals surface area (Å²) in [6.07, 6.45) is 1.87. The summed E-state index contributed by atoms with van der Waals surface area (Å²) in [6, 6.07) is 13.7. The van der Waals surface area contributed by atoms with Crippen molar-refractivity contribution in [2.75, 3.05) is 19.1 Å². The highest BCUT2D eigenvalue weighted by Gasteiger charge is 2.48. The van der Waals surface area contributed by atoms with Gasteiger partial charge in [0, 0.05) is 35.4 Å². The second kappa shape index (κ2) is 9.98. The number of hydrogen-bond acceptors (Lipinski definition) is 5. The highest BCUT2D eigenvalue weighted by Crippen LogP contribution is 2.49. The van der Waals surface area contributed by atoms with Gasteiger partial charge >= 0.3 is 0 Å².